The highest BCUT2D eigenvalue weighted by Gasteiger charge is 2.29. The number of hydrogen-bond acceptors (Lipinski definition) is 2. The normalized spacial score (nSPS) is 12.7. The molecule has 0 unspecified atom stereocenters. The Kier molecular flexibility index (Phi) is 8.97. The minimum absolute atomic E-state index is 0.0131. The number of rotatable bonds is 10. The van der Waals surface area contributed by atoms with Gasteiger partial charge in [-0.05, 0) is 49.1 Å². The Labute approximate surface area is 201 Å². The monoisotopic (exact) mass is 460 g/mol. The van der Waals surface area contributed by atoms with Crippen LogP contribution >= 0.6 is 0 Å². The van der Waals surface area contributed by atoms with E-state index in [-0.39, 0.29) is 42.6 Å². The molecule has 0 aliphatic rings. The van der Waals surface area contributed by atoms with Gasteiger partial charge >= 0.3 is 0 Å². The van der Waals surface area contributed by atoms with Gasteiger partial charge in [0, 0.05) is 24.9 Å². The molecule has 0 radical (unpaired) electrons. The fourth-order valence-electron chi connectivity index (χ4n) is 3.93. The molecule has 4 nitrogen and oxygen atoms in total. The van der Waals surface area contributed by atoms with Gasteiger partial charge in [-0.25, -0.2) is 4.39 Å². The summed E-state index contributed by atoms with van der Waals surface area (Å²) in [6.07, 6.45) is 1.02. The molecule has 5 heteroatoms. The molecule has 3 aromatic rings. The minimum atomic E-state index is -0.668. The van der Waals surface area contributed by atoms with Gasteiger partial charge in [-0.3, -0.25) is 9.59 Å². The molecule has 178 valence electrons. The number of nitrogens with zero attached hydrogens (tertiary/aromatic N) is 1. The Balaban J connectivity index is 1.90. The lowest BCUT2D eigenvalue weighted by Crippen LogP contribution is -2.49. The Bertz CT molecular complexity index is 1020. The molecule has 0 bridgehead atoms. The first-order valence-electron chi connectivity index (χ1n) is 11.8. The van der Waals surface area contributed by atoms with Crippen LogP contribution in [0.15, 0.2) is 84.9 Å². The molecule has 2 amide bonds. The Morgan fingerprint density at radius 1 is 0.853 bits per heavy atom. The van der Waals surface area contributed by atoms with Crippen molar-refractivity contribution in [1.29, 1.82) is 0 Å². The number of carbonyl (C=O) groups is 2. The third-order valence-corrected chi connectivity index (χ3v) is 6.22. The maximum atomic E-state index is 13.7. The molecular formula is C29H33FN2O2. The summed E-state index contributed by atoms with van der Waals surface area (Å²) in [7, 11) is 0. The zero-order chi connectivity index (χ0) is 24.5. The summed E-state index contributed by atoms with van der Waals surface area (Å²) < 4.78 is 13.5. The smallest absolute Gasteiger partial charge is 0.242 e. The second-order valence-electron chi connectivity index (χ2n) is 8.72. The Morgan fingerprint density at radius 2 is 1.38 bits per heavy atom. The average Bonchev–Trinajstić information content (AvgIpc) is 2.87. The van der Waals surface area contributed by atoms with E-state index >= 15 is 0 Å². The van der Waals surface area contributed by atoms with E-state index in [4.69, 9.17) is 0 Å². The third-order valence-electron chi connectivity index (χ3n) is 6.22. The first-order valence-corrected chi connectivity index (χ1v) is 11.8. The van der Waals surface area contributed by atoms with E-state index in [1.807, 2.05) is 74.5 Å². The van der Waals surface area contributed by atoms with Crippen LogP contribution in [0.4, 0.5) is 4.39 Å². The second-order valence-corrected chi connectivity index (χ2v) is 8.72. The van der Waals surface area contributed by atoms with Crippen molar-refractivity contribution in [3.05, 3.63) is 107 Å². The van der Waals surface area contributed by atoms with Crippen molar-refractivity contribution in [2.24, 2.45) is 0 Å². The zero-order valence-corrected chi connectivity index (χ0v) is 20.1. The molecule has 0 aliphatic carbocycles. The first-order chi connectivity index (χ1) is 16.4. The summed E-state index contributed by atoms with van der Waals surface area (Å²) in [6, 6.07) is 25.3. The van der Waals surface area contributed by atoms with Gasteiger partial charge in [-0.2, -0.15) is 0 Å². The lowest BCUT2D eigenvalue weighted by molar-refractivity contribution is -0.141. The number of halogens is 1. The molecule has 0 fully saturated rings. The molecule has 3 aromatic carbocycles. The summed E-state index contributed by atoms with van der Waals surface area (Å²) in [6.45, 7) is 5.92. The summed E-state index contributed by atoms with van der Waals surface area (Å²) >= 11 is 0. The fraction of sp³-hybridized carbons (Fsp3) is 0.310. The van der Waals surface area contributed by atoms with E-state index in [1.54, 1.807) is 24.0 Å². The van der Waals surface area contributed by atoms with Crippen LogP contribution in [0, 0.1) is 5.82 Å². The number of benzene rings is 3. The molecule has 3 rings (SSSR count). The lowest BCUT2D eigenvalue weighted by atomic mass is 9.88. The molecule has 2 atom stereocenters. The van der Waals surface area contributed by atoms with Crippen LogP contribution in [0.3, 0.4) is 0 Å². The van der Waals surface area contributed by atoms with E-state index in [1.165, 1.54) is 12.1 Å². The standard InChI is InChI=1S/C29H33FN2O2/c1-4-21(2)31-29(34)22(3)32(20-23-15-17-26(30)18-16-23)28(33)19-27(24-11-7-5-8-12-24)25-13-9-6-10-14-25/h5-18,21-22,27H,4,19-20H2,1-3H3,(H,31,34)/t21-,22-/m0/s1. The molecule has 1 N–H and O–H groups in total. The summed E-state index contributed by atoms with van der Waals surface area (Å²) in [5, 5.41) is 2.98. The average molecular weight is 461 g/mol. The SMILES string of the molecule is CC[C@H](C)NC(=O)[C@H](C)N(Cc1ccc(F)cc1)C(=O)CC(c1ccccc1)c1ccccc1. The maximum absolute atomic E-state index is 13.7. The zero-order valence-electron chi connectivity index (χ0n) is 20.1. The molecule has 34 heavy (non-hydrogen) atoms. The van der Waals surface area contributed by atoms with E-state index in [0.717, 1.165) is 23.1 Å². The van der Waals surface area contributed by atoms with E-state index in [0.29, 0.717) is 0 Å². The first kappa shape index (κ1) is 25.2. The second kappa shape index (κ2) is 12.1. The number of nitrogens with one attached hydrogen (secondary N) is 1. The van der Waals surface area contributed by atoms with Crippen LogP contribution in [0.1, 0.15) is 56.2 Å². The molecule has 0 aliphatic heterocycles. The number of carbonyl (C=O) groups excluding carboxylic acids is 2. The largest absolute Gasteiger partial charge is 0.352 e. The molecule has 0 saturated carbocycles. The van der Waals surface area contributed by atoms with Crippen LogP contribution in [0.25, 0.3) is 0 Å². The van der Waals surface area contributed by atoms with E-state index in [2.05, 4.69) is 5.32 Å². The molecule has 0 heterocycles. The minimum Gasteiger partial charge on any atom is -0.352 e. The molecule has 0 aromatic heterocycles. The third kappa shape index (κ3) is 6.77. The highest BCUT2D eigenvalue weighted by Crippen LogP contribution is 2.29. The highest BCUT2D eigenvalue weighted by molar-refractivity contribution is 5.88. The lowest BCUT2D eigenvalue weighted by Gasteiger charge is -2.31. The maximum Gasteiger partial charge on any atom is 0.242 e. The predicted octanol–water partition coefficient (Wildman–Crippen LogP) is 5.68. The van der Waals surface area contributed by atoms with Crippen LogP contribution in [0.2, 0.25) is 0 Å². The van der Waals surface area contributed by atoms with Gasteiger partial charge in [0.1, 0.15) is 11.9 Å². The van der Waals surface area contributed by atoms with E-state index in [9.17, 15) is 14.0 Å². The van der Waals surface area contributed by atoms with Crippen molar-refractivity contribution >= 4 is 11.8 Å². The fourth-order valence-corrected chi connectivity index (χ4v) is 3.93. The van der Waals surface area contributed by atoms with Crippen LogP contribution < -0.4 is 5.32 Å². The quantitative estimate of drug-likeness (QED) is 0.423. The Hall–Kier alpha value is -3.47. The molecule has 0 saturated heterocycles. The predicted molar refractivity (Wildman–Crippen MR) is 134 cm³/mol. The van der Waals surface area contributed by atoms with Gasteiger partial charge in [-0.1, -0.05) is 79.7 Å². The summed E-state index contributed by atoms with van der Waals surface area (Å²) in [5.74, 6) is -0.803. The summed E-state index contributed by atoms with van der Waals surface area (Å²) in [4.78, 5) is 28.3. The van der Waals surface area contributed by atoms with Gasteiger partial charge < -0.3 is 10.2 Å². The van der Waals surface area contributed by atoms with Crippen molar-refractivity contribution in [3.8, 4) is 0 Å². The van der Waals surface area contributed by atoms with Crippen LogP contribution in [0.5, 0.6) is 0 Å². The summed E-state index contributed by atoms with van der Waals surface area (Å²) in [5.41, 5.74) is 2.86. The van der Waals surface area contributed by atoms with Crippen molar-refractivity contribution < 1.29 is 14.0 Å². The number of hydrogen-bond donors (Lipinski definition) is 1. The van der Waals surface area contributed by atoms with Gasteiger partial charge in [-0.15, -0.1) is 0 Å². The van der Waals surface area contributed by atoms with Gasteiger partial charge in [0.25, 0.3) is 0 Å². The molecule has 0 spiro atoms. The van der Waals surface area contributed by atoms with E-state index < -0.39 is 6.04 Å². The van der Waals surface area contributed by atoms with Crippen molar-refractivity contribution in [3.63, 3.8) is 0 Å². The number of amides is 2. The van der Waals surface area contributed by atoms with Gasteiger partial charge in [0.15, 0.2) is 0 Å². The van der Waals surface area contributed by atoms with Crippen molar-refractivity contribution in [1.82, 2.24) is 10.2 Å². The van der Waals surface area contributed by atoms with Gasteiger partial charge in [0.05, 0.1) is 0 Å². The van der Waals surface area contributed by atoms with Crippen molar-refractivity contribution in [2.75, 3.05) is 0 Å². The topological polar surface area (TPSA) is 49.4 Å². The Morgan fingerprint density at radius 3 is 1.88 bits per heavy atom. The van der Waals surface area contributed by atoms with Crippen LogP contribution in [-0.4, -0.2) is 28.8 Å². The van der Waals surface area contributed by atoms with Crippen LogP contribution in [-0.2, 0) is 16.1 Å². The van der Waals surface area contributed by atoms with Gasteiger partial charge in [0.2, 0.25) is 11.8 Å². The van der Waals surface area contributed by atoms with Crippen molar-refractivity contribution in [2.45, 2.75) is 58.2 Å². The highest BCUT2D eigenvalue weighted by atomic mass is 19.1. The molecular weight excluding hydrogens is 427 g/mol.